The minimum absolute atomic E-state index is 0.0258. The number of hydrogen-bond acceptors (Lipinski definition) is 3. The Hall–Kier alpha value is -2.70. The molecule has 1 amide bonds. The van der Waals surface area contributed by atoms with Gasteiger partial charge in [-0.3, -0.25) is 4.79 Å². The zero-order chi connectivity index (χ0) is 18.4. The molecule has 2 aromatic carbocycles. The van der Waals surface area contributed by atoms with E-state index in [0.717, 1.165) is 17.7 Å². The highest BCUT2D eigenvalue weighted by Crippen LogP contribution is 2.29. The van der Waals surface area contributed by atoms with E-state index in [-0.39, 0.29) is 12.1 Å². The second-order valence-electron chi connectivity index (χ2n) is 5.27. The summed E-state index contributed by atoms with van der Waals surface area (Å²) in [7, 11) is 3.06. The molecule has 0 aromatic heterocycles. The van der Waals surface area contributed by atoms with Crippen LogP contribution >= 0.6 is 0 Å². The van der Waals surface area contributed by atoms with Crippen molar-refractivity contribution in [3.8, 4) is 11.5 Å². The number of rotatable bonds is 6. The molecule has 2 rings (SSSR count). The summed E-state index contributed by atoms with van der Waals surface area (Å²) in [6.07, 6.45) is -3.97. The van der Waals surface area contributed by atoms with Gasteiger partial charge < -0.3 is 14.8 Å². The predicted molar refractivity (Wildman–Crippen MR) is 87.0 cm³/mol. The molecule has 0 saturated heterocycles. The summed E-state index contributed by atoms with van der Waals surface area (Å²) in [6.45, 7) is 0.282. The van der Waals surface area contributed by atoms with Crippen molar-refractivity contribution in [2.45, 2.75) is 12.6 Å². The van der Waals surface area contributed by atoms with E-state index in [0.29, 0.717) is 17.9 Å². The highest BCUT2D eigenvalue weighted by atomic mass is 19.4. The van der Waals surface area contributed by atoms with Crippen molar-refractivity contribution in [1.29, 1.82) is 0 Å². The van der Waals surface area contributed by atoms with Crippen molar-refractivity contribution >= 4 is 5.91 Å². The zero-order valence-corrected chi connectivity index (χ0v) is 13.8. The van der Waals surface area contributed by atoms with Gasteiger partial charge in [0.2, 0.25) is 0 Å². The molecule has 0 heterocycles. The van der Waals surface area contributed by atoms with Crippen LogP contribution in [0.15, 0.2) is 42.5 Å². The smallest absolute Gasteiger partial charge is 0.416 e. The number of amides is 1. The van der Waals surface area contributed by atoms with Crippen molar-refractivity contribution in [2.75, 3.05) is 20.8 Å². The molecule has 0 aliphatic heterocycles. The van der Waals surface area contributed by atoms with Crippen LogP contribution in [0.4, 0.5) is 13.2 Å². The molecule has 7 heteroatoms. The van der Waals surface area contributed by atoms with Crippen molar-refractivity contribution in [3.05, 3.63) is 59.2 Å². The Morgan fingerprint density at radius 1 is 1.04 bits per heavy atom. The van der Waals surface area contributed by atoms with E-state index in [1.54, 1.807) is 12.1 Å². The molecule has 0 aliphatic rings. The third-order valence-corrected chi connectivity index (χ3v) is 3.60. The maximum absolute atomic E-state index is 12.7. The van der Waals surface area contributed by atoms with E-state index in [2.05, 4.69) is 5.32 Å². The van der Waals surface area contributed by atoms with Gasteiger partial charge in [0.1, 0.15) is 0 Å². The highest BCUT2D eigenvalue weighted by molar-refractivity contribution is 5.94. The fourth-order valence-corrected chi connectivity index (χ4v) is 2.30. The first kappa shape index (κ1) is 18.6. The number of benzene rings is 2. The summed E-state index contributed by atoms with van der Waals surface area (Å²) in [5.41, 5.74) is 0.0316. The summed E-state index contributed by atoms with van der Waals surface area (Å²) >= 11 is 0. The molecule has 0 unspecified atom stereocenters. The number of halogens is 3. The molecular formula is C18H18F3NO3. The monoisotopic (exact) mass is 353 g/mol. The molecule has 0 radical (unpaired) electrons. The normalized spacial score (nSPS) is 11.1. The lowest BCUT2D eigenvalue weighted by Gasteiger charge is -2.11. The zero-order valence-electron chi connectivity index (χ0n) is 13.8. The van der Waals surface area contributed by atoms with Crippen LogP contribution in [0.5, 0.6) is 11.5 Å². The first-order chi connectivity index (χ1) is 11.8. The van der Waals surface area contributed by atoms with Crippen molar-refractivity contribution < 1.29 is 27.4 Å². The summed E-state index contributed by atoms with van der Waals surface area (Å²) in [5, 5.41) is 2.61. The lowest BCUT2D eigenvalue weighted by atomic mass is 10.1. The Morgan fingerprint density at radius 2 is 1.76 bits per heavy atom. The van der Waals surface area contributed by atoms with Crippen LogP contribution in [0.2, 0.25) is 0 Å². The largest absolute Gasteiger partial charge is 0.493 e. The van der Waals surface area contributed by atoms with Gasteiger partial charge in [0.25, 0.3) is 5.91 Å². The number of ether oxygens (including phenoxy) is 2. The molecular weight excluding hydrogens is 335 g/mol. The van der Waals surface area contributed by atoms with Gasteiger partial charge in [-0.15, -0.1) is 0 Å². The van der Waals surface area contributed by atoms with E-state index in [1.165, 1.54) is 26.4 Å². The van der Waals surface area contributed by atoms with Crippen LogP contribution in [0.3, 0.4) is 0 Å². The standard InChI is InChI=1S/C18H18F3NO3/c1-24-15-7-6-12(10-16(15)25-2)8-9-22-17(23)13-4-3-5-14(11-13)18(19,20)21/h3-7,10-11H,8-9H2,1-2H3,(H,22,23). The first-order valence-electron chi connectivity index (χ1n) is 7.51. The molecule has 0 fully saturated rings. The van der Waals surface area contributed by atoms with Crippen molar-refractivity contribution in [1.82, 2.24) is 5.32 Å². The van der Waals surface area contributed by atoms with Crippen LogP contribution in [0.25, 0.3) is 0 Å². The van der Waals surface area contributed by atoms with E-state index >= 15 is 0 Å². The number of methoxy groups -OCH3 is 2. The van der Waals surface area contributed by atoms with Crippen molar-refractivity contribution in [2.24, 2.45) is 0 Å². The quantitative estimate of drug-likeness (QED) is 0.862. The fraction of sp³-hybridized carbons (Fsp3) is 0.278. The average molecular weight is 353 g/mol. The van der Waals surface area contributed by atoms with Crippen LogP contribution in [0, 0.1) is 0 Å². The number of carbonyl (C=O) groups excluding carboxylic acids is 1. The van der Waals surface area contributed by atoms with Gasteiger partial charge in [-0.1, -0.05) is 12.1 Å². The maximum atomic E-state index is 12.7. The second kappa shape index (κ2) is 7.92. The molecule has 134 valence electrons. The molecule has 1 N–H and O–H groups in total. The maximum Gasteiger partial charge on any atom is 0.416 e. The molecule has 4 nitrogen and oxygen atoms in total. The molecule has 0 saturated carbocycles. The number of hydrogen-bond donors (Lipinski definition) is 1. The summed E-state index contributed by atoms with van der Waals surface area (Å²) < 4.78 is 48.4. The van der Waals surface area contributed by atoms with E-state index < -0.39 is 17.6 Å². The number of carbonyl (C=O) groups is 1. The predicted octanol–water partition coefficient (Wildman–Crippen LogP) is 3.70. The fourth-order valence-electron chi connectivity index (χ4n) is 2.30. The second-order valence-corrected chi connectivity index (χ2v) is 5.27. The van der Waals surface area contributed by atoms with Crippen molar-refractivity contribution in [3.63, 3.8) is 0 Å². The third-order valence-electron chi connectivity index (χ3n) is 3.60. The lowest BCUT2D eigenvalue weighted by molar-refractivity contribution is -0.137. The summed E-state index contributed by atoms with van der Waals surface area (Å²) in [4.78, 5) is 12.0. The minimum atomic E-state index is -4.48. The van der Waals surface area contributed by atoms with Gasteiger partial charge in [0, 0.05) is 12.1 Å². The Kier molecular flexibility index (Phi) is 5.90. The molecule has 25 heavy (non-hydrogen) atoms. The lowest BCUT2D eigenvalue weighted by Crippen LogP contribution is -2.26. The van der Waals surface area contributed by atoms with Gasteiger partial charge in [0.05, 0.1) is 19.8 Å². The van der Waals surface area contributed by atoms with E-state index in [9.17, 15) is 18.0 Å². The van der Waals surface area contributed by atoms with Gasteiger partial charge in [-0.2, -0.15) is 13.2 Å². The number of alkyl halides is 3. The van der Waals surface area contributed by atoms with Crippen LogP contribution in [0.1, 0.15) is 21.5 Å². The van der Waals surface area contributed by atoms with Crippen LogP contribution in [-0.4, -0.2) is 26.7 Å². The average Bonchev–Trinajstić information content (AvgIpc) is 2.60. The Bertz CT molecular complexity index is 745. The van der Waals surface area contributed by atoms with E-state index in [1.807, 2.05) is 6.07 Å². The molecule has 2 aromatic rings. The van der Waals surface area contributed by atoms with Gasteiger partial charge in [-0.25, -0.2) is 0 Å². The van der Waals surface area contributed by atoms with Crippen LogP contribution in [-0.2, 0) is 12.6 Å². The Labute approximate surface area is 143 Å². The SMILES string of the molecule is COc1ccc(CCNC(=O)c2cccc(C(F)(F)F)c2)cc1OC. The molecule has 0 spiro atoms. The third kappa shape index (κ3) is 4.89. The number of nitrogens with one attached hydrogen (secondary N) is 1. The van der Waals surface area contributed by atoms with E-state index in [4.69, 9.17) is 9.47 Å². The Balaban J connectivity index is 1.97. The van der Waals surface area contributed by atoms with Gasteiger partial charge >= 0.3 is 6.18 Å². The molecule has 0 bridgehead atoms. The summed E-state index contributed by atoms with van der Waals surface area (Å²) in [5.74, 6) is 0.620. The van der Waals surface area contributed by atoms with Gasteiger partial charge in [0.15, 0.2) is 11.5 Å². The minimum Gasteiger partial charge on any atom is -0.493 e. The Morgan fingerprint density at radius 3 is 2.40 bits per heavy atom. The topological polar surface area (TPSA) is 47.6 Å². The summed E-state index contributed by atoms with van der Waals surface area (Å²) in [6, 6.07) is 9.70. The van der Waals surface area contributed by atoms with Gasteiger partial charge in [-0.05, 0) is 42.3 Å². The molecule has 0 aliphatic carbocycles. The first-order valence-corrected chi connectivity index (χ1v) is 7.51. The molecule has 0 atom stereocenters. The van der Waals surface area contributed by atoms with Crippen LogP contribution < -0.4 is 14.8 Å². The highest BCUT2D eigenvalue weighted by Gasteiger charge is 2.30.